The number of aromatic nitrogens is 1. The number of para-hydroxylation sites is 2. The SMILES string of the molecule is CC(C)(C)c1ccc2c(c1)B1c3c(ccc(C(C)(C)C)c3C(C)(C)c3ccc4c(c31)c1ccccc1n4-c1ccccc1)O2. The Kier molecular flexibility index (Phi) is 5.53. The van der Waals surface area contributed by atoms with Gasteiger partial charge in [-0.3, -0.25) is 0 Å². The monoisotopic (exact) mass is 573 g/mol. The molecule has 2 nitrogen and oxygen atoms in total. The van der Waals surface area contributed by atoms with E-state index in [1.807, 2.05) is 0 Å². The summed E-state index contributed by atoms with van der Waals surface area (Å²) in [6.07, 6.45) is 0. The largest absolute Gasteiger partial charge is 0.458 e. The van der Waals surface area contributed by atoms with Crippen molar-refractivity contribution in [1.82, 2.24) is 4.57 Å². The van der Waals surface area contributed by atoms with Crippen LogP contribution in [0.15, 0.2) is 97.1 Å². The lowest BCUT2D eigenvalue weighted by Crippen LogP contribution is -2.63. The molecule has 0 spiro atoms. The molecule has 6 aromatic rings. The Morgan fingerprint density at radius 2 is 1.36 bits per heavy atom. The van der Waals surface area contributed by atoms with Crippen molar-refractivity contribution in [2.24, 2.45) is 0 Å². The lowest BCUT2D eigenvalue weighted by atomic mass is 9.29. The van der Waals surface area contributed by atoms with Crippen molar-refractivity contribution in [3.8, 4) is 17.2 Å². The van der Waals surface area contributed by atoms with Crippen LogP contribution in [0.3, 0.4) is 0 Å². The van der Waals surface area contributed by atoms with Crippen LogP contribution >= 0.6 is 0 Å². The smallest absolute Gasteiger partial charge is 0.252 e. The van der Waals surface area contributed by atoms with Gasteiger partial charge in [-0.05, 0) is 80.4 Å². The summed E-state index contributed by atoms with van der Waals surface area (Å²) < 4.78 is 9.29. The van der Waals surface area contributed by atoms with Gasteiger partial charge < -0.3 is 9.30 Å². The number of nitrogens with zero attached hydrogens (tertiary/aromatic N) is 1. The van der Waals surface area contributed by atoms with Crippen molar-refractivity contribution in [1.29, 1.82) is 0 Å². The molecule has 44 heavy (non-hydrogen) atoms. The van der Waals surface area contributed by atoms with Crippen LogP contribution < -0.4 is 21.1 Å². The zero-order chi connectivity index (χ0) is 30.8. The Labute approximate surface area is 261 Å². The highest BCUT2D eigenvalue weighted by atomic mass is 16.5. The number of benzene rings is 5. The molecule has 218 valence electrons. The fourth-order valence-electron chi connectivity index (χ4n) is 8.10. The molecule has 0 saturated carbocycles. The normalized spacial score (nSPS) is 15.1. The average molecular weight is 574 g/mol. The van der Waals surface area contributed by atoms with Crippen LogP contribution in [0.25, 0.3) is 27.5 Å². The lowest BCUT2D eigenvalue weighted by Gasteiger charge is -2.45. The predicted octanol–water partition coefficient (Wildman–Crippen LogP) is 8.64. The fourth-order valence-corrected chi connectivity index (χ4v) is 8.10. The molecule has 1 aromatic heterocycles. The maximum atomic E-state index is 6.84. The van der Waals surface area contributed by atoms with Crippen molar-refractivity contribution < 1.29 is 4.74 Å². The molecule has 0 radical (unpaired) electrons. The Morgan fingerprint density at radius 1 is 0.659 bits per heavy atom. The molecular formula is C41H40BNO. The van der Waals surface area contributed by atoms with E-state index >= 15 is 0 Å². The van der Waals surface area contributed by atoms with Gasteiger partial charge in [0.1, 0.15) is 11.5 Å². The highest BCUT2D eigenvalue weighted by Crippen LogP contribution is 2.45. The van der Waals surface area contributed by atoms with Crippen LogP contribution in [0.4, 0.5) is 0 Å². The summed E-state index contributed by atoms with van der Waals surface area (Å²) in [5.74, 6) is 1.97. The first kappa shape index (κ1) is 27.3. The lowest BCUT2D eigenvalue weighted by molar-refractivity contribution is 0.480. The fraction of sp³-hybridized carbons (Fsp3) is 0.268. The van der Waals surface area contributed by atoms with Crippen LogP contribution in [0.2, 0.25) is 0 Å². The molecule has 2 aliphatic heterocycles. The summed E-state index contributed by atoms with van der Waals surface area (Å²) in [5.41, 5.74) is 13.1. The summed E-state index contributed by atoms with van der Waals surface area (Å²) in [5, 5.41) is 2.66. The van der Waals surface area contributed by atoms with Gasteiger partial charge >= 0.3 is 0 Å². The molecule has 0 unspecified atom stereocenters. The van der Waals surface area contributed by atoms with Crippen molar-refractivity contribution >= 4 is 44.9 Å². The topological polar surface area (TPSA) is 14.2 Å². The molecule has 0 atom stereocenters. The molecule has 0 amide bonds. The Bertz CT molecular complexity index is 2140. The van der Waals surface area contributed by atoms with Gasteiger partial charge in [-0.25, -0.2) is 0 Å². The summed E-state index contributed by atoms with van der Waals surface area (Å²) in [6, 6.07) is 36.0. The van der Waals surface area contributed by atoms with E-state index in [1.54, 1.807) is 0 Å². The molecule has 2 aliphatic rings. The van der Waals surface area contributed by atoms with Crippen molar-refractivity contribution in [3.63, 3.8) is 0 Å². The van der Waals surface area contributed by atoms with Gasteiger partial charge in [-0.15, -0.1) is 0 Å². The molecular weight excluding hydrogens is 533 g/mol. The third-order valence-corrected chi connectivity index (χ3v) is 10.2. The second-order valence-corrected chi connectivity index (χ2v) is 15.4. The average Bonchev–Trinajstić information content (AvgIpc) is 3.32. The number of fused-ring (bicyclic) bond motifs is 8. The van der Waals surface area contributed by atoms with Crippen LogP contribution in [0.5, 0.6) is 11.5 Å². The quantitative estimate of drug-likeness (QED) is 0.179. The molecule has 0 saturated heterocycles. The summed E-state index contributed by atoms with van der Waals surface area (Å²) in [6.45, 7) is 18.9. The number of ether oxygens (including phenoxy) is 1. The third-order valence-electron chi connectivity index (χ3n) is 10.2. The highest BCUT2D eigenvalue weighted by Gasteiger charge is 2.48. The second-order valence-electron chi connectivity index (χ2n) is 15.4. The third kappa shape index (κ3) is 3.68. The number of hydrogen-bond acceptors (Lipinski definition) is 1. The Balaban J connectivity index is 1.57. The zero-order valence-corrected chi connectivity index (χ0v) is 27.2. The Morgan fingerprint density at radius 3 is 2.09 bits per heavy atom. The van der Waals surface area contributed by atoms with Gasteiger partial charge in [0.05, 0.1) is 11.0 Å². The van der Waals surface area contributed by atoms with E-state index in [2.05, 4.69) is 157 Å². The van der Waals surface area contributed by atoms with Crippen LogP contribution in [0.1, 0.15) is 77.6 Å². The van der Waals surface area contributed by atoms with Crippen LogP contribution in [-0.2, 0) is 16.2 Å². The van der Waals surface area contributed by atoms with Crippen molar-refractivity contribution in [2.45, 2.75) is 71.6 Å². The highest BCUT2D eigenvalue weighted by molar-refractivity contribution is 6.99. The number of hydrogen-bond donors (Lipinski definition) is 0. The molecule has 3 heterocycles. The van der Waals surface area contributed by atoms with Crippen molar-refractivity contribution in [3.05, 3.63) is 119 Å². The van der Waals surface area contributed by atoms with E-state index in [-0.39, 0.29) is 23.0 Å². The summed E-state index contributed by atoms with van der Waals surface area (Å²) in [7, 11) is 0. The number of rotatable bonds is 1. The maximum absolute atomic E-state index is 6.84. The van der Waals surface area contributed by atoms with Crippen molar-refractivity contribution in [2.75, 3.05) is 0 Å². The standard InChI is InChI=1S/C41H40BNO/c1-39(2,3)25-18-22-33-30(24-25)42-37-29(41(7,8)36-28(40(4,5)6)20-23-34(44-33)38(36)42)19-21-32-35(37)27-16-12-13-17-31(27)43(32)26-14-10-9-11-15-26/h9-24H,1-8H3. The van der Waals surface area contributed by atoms with E-state index in [9.17, 15) is 0 Å². The molecule has 0 aliphatic carbocycles. The summed E-state index contributed by atoms with van der Waals surface area (Å²) in [4.78, 5) is 0. The van der Waals surface area contributed by atoms with Crippen LogP contribution in [0, 0.1) is 0 Å². The minimum Gasteiger partial charge on any atom is -0.458 e. The first-order valence-corrected chi connectivity index (χ1v) is 16.0. The zero-order valence-electron chi connectivity index (χ0n) is 27.2. The second kappa shape index (κ2) is 8.91. The molecule has 0 bridgehead atoms. The van der Waals surface area contributed by atoms with Gasteiger partial charge in [0.25, 0.3) is 6.71 Å². The predicted molar refractivity (Wildman–Crippen MR) is 188 cm³/mol. The molecule has 8 rings (SSSR count). The summed E-state index contributed by atoms with van der Waals surface area (Å²) >= 11 is 0. The minimum absolute atomic E-state index is 0.00927. The maximum Gasteiger partial charge on any atom is 0.252 e. The van der Waals surface area contributed by atoms with E-state index < -0.39 is 0 Å². The van der Waals surface area contributed by atoms with E-state index in [4.69, 9.17) is 4.74 Å². The molecule has 0 fully saturated rings. The van der Waals surface area contributed by atoms with Gasteiger partial charge in [-0.1, -0.05) is 122 Å². The molecule has 5 aromatic carbocycles. The first-order chi connectivity index (χ1) is 20.9. The molecule has 0 N–H and O–H groups in total. The van der Waals surface area contributed by atoms with Gasteiger partial charge in [-0.2, -0.15) is 0 Å². The van der Waals surface area contributed by atoms with E-state index in [0.717, 1.165) is 11.5 Å². The molecule has 3 heteroatoms. The van der Waals surface area contributed by atoms with Gasteiger partial charge in [0, 0.05) is 21.9 Å². The minimum atomic E-state index is -0.216. The Hall–Kier alpha value is -4.24. The van der Waals surface area contributed by atoms with E-state index in [1.165, 1.54) is 66.1 Å². The van der Waals surface area contributed by atoms with Crippen LogP contribution in [-0.4, -0.2) is 11.3 Å². The van der Waals surface area contributed by atoms with Gasteiger partial charge in [0.2, 0.25) is 0 Å². The van der Waals surface area contributed by atoms with E-state index in [0.29, 0.717) is 0 Å². The first-order valence-electron chi connectivity index (χ1n) is 16.0. The van der Waals surface area contributed by atoms with Gasteiger partial charge in [0.15, 0.2) is 0 Å².